The molecule has 0 aliphatic rings. The van der Waals surface area contributed by atoms with Gasteiger partial charge in [0, 0.05) is 25.7 Å². The van der Waals surface area contributed by atoms with Crippen LogP contribution in [-0.4, -0.2) is 13.6 Å². The van der Waals surface area contributed by atoms with Crippen LogP contribution in [0.3, 0.4) is 0 Å². The van der Waals surface area contributed by atoms with Crippen molar-refractivity contribution < 1.29 is 0 Å². The van der Waals surface area contributed by atoms with Gasteiger partial charge in [-0.05, 0) is 49.9 Å². The average Bonchev–Trinajstić information content (AvgIpc) is 2.22. The zero-order valence-electron chi connectivity index (χ0n) is 10.5. The van der Waals surface area contributed by atoms with Crippen LogP contribution in [0.1, 0.15) is 30.4 Å². The van der Waals surface area contributed by atoms with Crippen LogP contribution >= 0.6 is 0 Å². The molecule has 2 nitrogen and oxygen atoms in total. The average molecular weight is 216 g/mol. The molecular formula is C14H20N2. The van der Waals surface area contributed by atoms with E-state index < -0.39 is 0 Å². The molecule has 0 amide bonds. The number of benzene rings is 1. The van der Waals surface area contributed by atoms with E-state index in [0.29, 0.717) is 6.42 Å². The molecule has 1 aromatic rings. The lowest BCUT2D eigenvalue weighted by Crippen LogP contribution is -2.18. The second-order valence-corrected chi connectivity index (χ2v) is 4.38. The van der Waals surface area contributed by atoms with Gasteiger partial charge in [-0.1, -0.05) is 6.07 Å². The van der Waals surface area contributed by atoms with Crippen LogP contribution in [0.5, 0.6) is 0 Å². The summed E-state index contributed by atoms with van der Waals surface area (Å²) in [7, 11) is 2.11. The maximum absolute atomic E-state index is 8.46. The number of nitriles is 1. The lowest BCUT2D eigenvalue weighted by atomic mass is 10.1. The smallest absolute Gasteiger partial charge is 0.0621 e. The van der Waals surface area contributed by atoms with E-state index in [1.165, 1.54) is 16.8 Å². The van der Waals surface area contributed by atoms with Crippen molar-refractivity contribution in [3.63, 3.8) is 0 Å². The number of aryl methyl sites for hydroxylation is 2. The Labute approximate surface area is 98.5 Å². The number of hydrogen-bond donors (Lipinski definition) is 0. The summed E-state index contributed by atoms with van der Waals surface area (Å²) in [5.74, 6) is 0. The van der Waals surface area contributed by atoms with Gasteiger partial charge >= 0.3 is 0 Å². The fraction of sp³-hybridized carbons (Fsp3) is 0.500. The van der Waals surface area contributed by atoms with Gasteiger partial charge in [-0.25, -0.2) is 0 Å². The number of hydrogen-bond acceptors (Lipinski definition) is 2. The first-order valence-electron chi connectivity index (χ1n) is 5.80. The van der Waals surface area contributed by atoms with Gasteiger partial charge in [0.25, 0.3) is 0 Å². The van der Waals surface area contributed by atoms with Crippen molar-refractivity contribution in [3.8, 4) is 6.07 Å². The van der Waals surface area contributed by atoms with Gasteiger partial charge in [0.15, 0.2) is 0 Å². The zero-order valence-corrected chi connectivity index (χ0v) is 10.5. The lowest BCUT2D eigenvalue weighted by Gasteiger charge is -2.20. The van der Waals surface area contributed by atoms with Crippen LogP contribution in [0.2, 0.25) is 0 Å². The lowest BCUT2D eigenvalue weighted by molar-refractivity contribution is 0.734. The van der Waals surface area contributed by atoms with Gasteiger partial charge in [0.05, 0.1) is 6.07 Å². The van der Waals surface area contributed by atoms with Gasteiger partial charge in [-0.2, -0.15) is 5.26 Å². The molecule has 2 heteroatoms. The number of anilines is 1. The molecule has 0 saturated carbocycles. The maximum Gasteiger partial charge on any atom is 0.0621 e. The summed E-state index contributed by atoms with van der Waals surface area (Å²) in [5, 5.41) is 8.46. The Morgan fingerprint density at radius 2 is 1.75 bits per heavy atom. The Bertz CT molecular complexity index is 357. The minimum absolute atomic E-state index is 0.667. The topological polar surface area (TPSA) is 27.0 Å². The highest BCUT2D eigenvalue weighted by molar-refractivity contribution is 5.50. The van der Waals surface area contributed by atoms with Crippen LogP contribution in [0.15, 0.2) is 18.2 Å². The highest BCUT2D eigenvalue weighted by Crippen LogP contribution is 2.17. The summed E-state index contributed by atoms with van der Waals surface area (Å²) in [4.78, 5) is 2.26. The van der Waals surface area contributed by atoms with Gasteiger partial charge in [-0.15, -0.1) is 0 Å². The Morgan fingerprint density at radius 1 is 1.12 bits per heavy atom. The summed E-state index contributed by atoms with van der Waals surface area (Å²) in [6, 6.07) is 8.78. The van der Waals surface area contributed by atoms with Crippen LogP contribution in [-0.2, 0) is 0 Å². The number of nitrogens with zero attached hydrogens (tertiary/aromatic N) is 2. The van der Waals surface area contributed by atoms with E-state index in [9.17, 15) is 0 Å². The van der Waals surface area contributed by atoms with Crippen LogP contribution in [0.25, 0.3) is 0 Å². The third-order valence-electron chi connectivity index (χ3n) is 2.68. The number of unbranched alkanes of at least 4 members (excludes halogenated alkanes) is 2. The fourth-order valence-electron chi connectivity index (χ4n) is 1.85. The van der Waals surface area contributed by atoms with Crippen molar-refractivity contribution in [1.82, 2.24) is 0 Å². The largest absolute Gasteiger partial charge is 0.375 e. The first-order chi connectivity index (χ1) is 7.63. The highest BCUT2D eigenvalue weighted by Gasteiger charge is 2.01. The fourth-order valence-corrected chi connectivity index (χ4v) is 1.85. The third-order valence-corrected chi connectivity index (χ3v) is 2.68. The number of rotatable bonds is 5. The second-order valence-electron chi connectivity index (χ2n) is 4.38. The Kier molecular flexibility index (Phi) is 4.85. The molecule has 86 valence electrons. The predicted molar refractivity (Wildman–Crippen MR) is 68.7 cm³/mol. The molecule has 16 heavy (non-hydrogen) atoms. The molecular weight excluding hydrogens is 196 g/mol. The van der Waals surface area contributed by atoms with E-state index >= 15 is 0 Å². The molecule has 0 aliphatic carbocycles. The van der Waals surface area contributed by atoms with E-state index in [-0.39, 0.29) is 0 Å². The predicted octanol–water partition coefficient (Wildman–Crippen LogP) is 3.43. The normalized spacial score (nSPS) is 9.88. The molecule has 0 spiro atoms. The Hall–Kier alpha value is -1.49. The van der Waals surface area contributed by atoms with Crippen molar-refractivity contribution in [1.29, 1.82) is 5.26 Å². The first-order valence-corrected chi connectivity index (χ1v) is 5.80. The quantitative estimate of drug-likeness (QED) is 0.705. The van der Waals surface area contributed by atoms with E-state index in [2.05, 4.69) is 50.1 Å². The summed E-state index contributed by atoms with van der Waals surface area (Å²) in [6.45, 7) is 5.27. The zero-order chi connectivity index (χ0) is 12.0. The summed E-state index contributed by atoms with van der Waals surface area (Å²) >= 11 is 0. The summed E-state index contributed by atoms with van der Waals surface area (Å²) in [6.07, 6.45) is 2.74. The van der Waals surface area contributed by atoms with Crippen LogP contribution in [0, 0.1) is 25.2 Å². The van der Waals surface area contributed by atoms with Gasteiger partial charge < -0.3 is 4.90 Å². The molecule has 0 aliphatic heterocycles. The second kappa shape index (κ2) is 6.17. The van der Waals surface area contributed by atoms with E-state index in [0.717, 1.165) is 19.4 Å². The van der Waals surface area contributed by atoms with Gasteiger partial charge in [0.1, 0.15) is 0 Å². The minimum Gasteiger partial charge on any atom is -0.375 e. The highest BCUT2D eigenvalue weighted by atomic mass is 15.1. The standard InChI is InChI=1S/C14H20N2/c1-12-9-13(2)11-14(10-12)16(3)8-6-4-5-7-15/h9-11H,4-6,8H2,1-3H3. The first kappa shape index (κ1) is 12.6. The van der Waals surface area contributed by atoms with Gasteiger partial charge in [-0.3, -0.25) is 0 Å². The SMILES string of the molecule is Cc1cc(C)cc(N(C)CCCCC#N)c1. The Morgan fingerprint density at radius 3 is 2.31 bits per heavy atom. The molecule has 0 radical (unpaired) electrons. The van der Waals surface area contributed by atoms with E-state index in [1.54, 1.807) is 0 Å². The van der Waals surface area contributed by atoms with E-state index in [1.807, 2.05) is 0 Å². The van der Waals surface area contributed by atoms with Crippen molar-refractivity contribution >= 4 is 5.69 Å². The molecule has 0 fully saturated rings. The summed E-state index contributed by atoms with van der Waals surface area (Å²) < 4.78 is 0. The molecule has 0 unspecified atom stereocenters. The van der Waals surface area contributed by atoms with Crippen molar-refractivity contribution in [2.24, 2.45) is 0 Å². The van der Waals surface area contributed by atoms with Crippen LogP contribution < -0.4 is 4.90 Å². The Balaban J connectivity index is 2.52. The molecule has 0 aromatic heterocycles. The molecule has 0 atom stereocenters. The van der Waals surface area contributed by atoms with Gasteiger partial charge in [0.2, 0.25) is 0 Å². The molecule has 0 N–H and O–H groups in total. The van der Waals surface area contributed by atoms with E-state index in [4.69, 9.17) is 5.26 Å². The molecule has 0 saturated heterocycles. The summed E-state index contributed by atoms with van der Waals surface area (Å²) in [5.41, 5.74) is 3.88. The molecule has 0 bridgehead atoms. The van der Waals surface area contributed by atoms with Crippen molar-refractivity contribution in [3.05, 3.63) is 29.3 Å². The van der Waals surface area contributed by atoms with Crippen molar-refractivity contribution in [2.45, 2.75) is 33.1 Å². The molecule has 1 aromatic carbocycles. The molecule has 1 rings (SSSR count). The maximum atomic E-state index is 8.46. The van der Waals surface area contributed by atoms with Crippen LogP contribution in [0.4, 0.5) is 5.69 Å². The third kappa shape index (κ3) is 3.94. The minimum atomic E-state index is 0.667. The monoisotopic (exact) mass is 216 g/mol. The molecule has 0 heterocycles. The van der Waals surface area contributed by atoms with Crippen molar-refractivity contribution in [2.75, 3.05) is 18.5 Å².